The van der Waals surface area contributed by atoms with Gasteiger partial charge >= 0.3 is 0 Å². The SMILES string of the molecule is N#Cc1ccccc1-c1ccc(C=Nc2sc3c(c2C(=O)NCc2ccco2)CCCC3)o1. The van der Waals surface area contributed by atoms with Gasteiger partial charge in [0.15, 0.2) is 0 Å². The third kappa shape index (κ3) is 4.38. The Morgan fingerprint density at radius 2 is 2.03 bits per heavy atom. The molecule has 6 nitrogen and oxygen atoms in total. The third-order valence-corrected chi connectivity index (χ3v) is 6.83. The third-order valence-electron chi connectivity index (χ3n) is 5.63. The van der Waals surface area contributed by atoms with Gasteiger partial charge < -0.3 is 14.2 Å². The standard InChI is InChI=1S/C26H21N3O3S/c27-14-17-6-1-2-8-20(17)22-12-11-19(32-22)16-29-26-24(21-9-3-4-10-23(21)33-26)25(30)28-15-18-7-5-13-31-18/h1-2,5-8,11-13,16H,3-4,9-10,15H2,(H,28,30). The number of nitriles is 1. The average Bonchev–Trinajstić information content (AvgIpc) is 3.61. The van der Waals surface area contributed by atoms with Crippen molar-refractivity contribution >= 4 is 28.5 Å². The molecule has 0 saturated heterocycles. The summed E-state index contributed by atoms with van der Waals surface area (Å²) in [6, 6.07) is 16.8. The fourth-order valence-electron chi connectivity index (χ4n) is 4.03. The molecule has 3 heterocycles. The highest BCUT2D eigenvalue weighted by atomic mass is 32.1. The first-order chi connectivity index (χ1) is 16.2. The summed E-state index contributed by atoms with van der Waals surface area (Å²) in [4.78, 5) is 19.0. The Labute approximate surface area is 195 Å². The highest BCUT2D eigenvalue weighted by molar-refractivity contribution is 7.16. The Hall–Kier alpha value is -3.89. The summed E-state index contributed by atoms with van der Waals surface area (Å²) in [7, 11) is 0. The van der Waals surface area contributed by atoms with Crippen LogP contribution in [-0.4, -0.2) is 12.1 Å². The van der Waals surface area contributed by atoms with Gasteiger partial charge in [-0.2, -0.15) is 5.26 Å². The lowest BCUT2D eigenvalue weighted by Crippen LogP contribution is -2.23. The molecule has 3 aromatic heterocycles. The number of thiophene rings is 1. The fourth-order valence-corrected chi connectivity index (χ4v) is 5.26. The molecule has 0 unspecified atom stereocenters. The van der Waals surface area contributed by atoms with Crippen molar-refractivity contribution in [3.05, 3.63) is 87.9 Å². The summed E-state index contributed by atoms with van der Waals surface area (Å²) in [6.07, 6.45) is 7.30. The van der Waals surface area contributed by atoms with Gasteiger partial charge in [-0.3, -0.25) is 4.79 Å². The highest BCUT2D eigenvalue weighted by Crippen LogP contribution is 2.40. The molecule has 33 heavy (non-hydrogen) atoms. The first kappa shape index (κ1) is 21.0. The van der Waals surface area contributed by atoms with Crippen molar-refractivity contribution in [3.8, 4) is 17.4 Å². The number of fused-ring (bicyclic) bond motifs is 1. The number of amides is 1. The molecule has 1 N–H and O–H groups in total. The van der Waals surface area contributed by atoms with Crippen LogP contribution in [0.1, 0.15) is 50.7 Å². The number of carbonyl (C=O) groups is 1. The Morgan fingerprint density at radius 3 is 2.88 bits per heavy atom. The summed E-state index contributed by atoms with van der Waals surface area (Å²) < 4.78 is 11.3. The molecule has 164 valence electrons. The van der Waals surface area contributed by atoms with E-state index in [4.69, 9.17) is 8.83 Å². The lowest BCUT2D eigenvalue weighted by atomic mass is 9.95. The number of benzene rings is 1. The molecule has 1 aliphatic rings. The summed E-state index contributed by atoms with van der Waals surface area (Å²) in [5.74, 6) is 1.74. The molecule has 0 bridgehead atoms. The monoisotopic (exact) mass is 455 g/mol. The van der Waals surface area contributed by atoms with E-state index in [2.05, 4.69) is 16.4 Å². The minimum Gasteiger partial charge on any atom is -0.467 e. The molecular weight excluding hydrogens is 434 g/mol. The van der Waals surface area contributed by atoms with Crippen LogP contribution in [0.4, 0.5) is 5.00 Å². The molecule has 0 spiro atoms. The quantitative estimate of drug-likeness (QED) is 0.359. The molecule has 5 rings (SSSR count). The zero-order chi connectivity index (χ0) is 22.6. The van der Waals surface area contributed by atoms with Gasteiger partial charge in [0.05, 0.1) is 36.2 Å². The van der Waals surface area contributed by atoms with E-state index in [0.29, 0.717) is 40.0 Å². The Morgan fingerprint density at radius 1 is 1.15 bits per heavy atom. The first-order valence-corrected chi connectivity index (χ1v) is 11.6. The number of aliphatic imine (C=N–C) groups is 1. The van der Waals surface area contributed by atoms with Crippen molar-refractivity contribution in [1.29, 1.82) is 5.26 Å². The number of hydrogen-bond acceptors (Lipinski definition) is 6. The van der Waals surface area contributed by atoms with Gasteiger partial charge in [0.1, 0.15) is 22.3 Å². The topological polar surface area (TPSA) is 91.5 Å². The normalized spacial score (nSPS) is 13.1. The van der Waals surface area contributed by atoms with Crippen LogP contribution in [0.15, 0.2) is 68.6 Å². The van der Waals surface area contributed by atoms with Crippen LogP contribution in [0.3, 0.4) is 0 Å². The van der Waals surface area contributed by atoms with Crippen LogP contribution >= 0.6 is 11.3 Å². The maximum Gasteiger partial charge on any atom is 0.255 e. The van der Waals surface area contributed by atoms with E-state index in [1.165, 1.54) is 4.88 Å². The minimum absolute atomic E-state index is 0.138. The number of rotatable bonds is 6. The zero-order valence-electron chi connectivity index (χ0n) is 17.8. The van der Waals surface area contributed by atoms with Crippen molar-refractivity contribution in [1.82, 2.24) is 5.32 Å². The molecular formula is C26H21N3O3S. The van der Waals surface area contributed by atoms with Gasteiger partial charge in [-0.1, -0.05) is 12.1 Å². The average molecular weight is 456 g/mol. The molecule has 1 aliphatic carbocycles. The predicted octanol–water partition coefficient (Wildman–Crippen LogP) is 6.03. The smallest absolute Gasteiger partial charge is 0.255 e. The van der Waals surface area contributed by atoms with Crippen molar-refractivity contribution < 1.29 is 13.6 Å². The number of nitrogens with zero attached hydrogens (tertiary/aromatic N) is 2. The number of nitrogens with one attached hydrogen (secondary N) is 1. The van der Waals surface area contributed by atoms with E-state index in [1.54, 1.807) is 35.9 Å². The van der Waals surface area contributed by atoms with Gasteiger partial charge in [-0.15, -0.1) is 11.3 Å². The van der Waals surface area contributed by atoms with Crippen LogP contribution in [0.5, 0.6) is 0 Å². The van der Waals surface area contributed by atoms with Crippen molar-refractivity contribution in [2.75, 3.05) is 0 Å². The van der Waals surface area contributed by atoms with Crippen molar-refractivity contribution in [3.63, 3.8) is 0 Å². The first-order valence-electron chi connectivity index (χ1n) is 10.8. The van der Waals surface area contributed by atoms with Crippen molar-refractivity contribution in [2.45, 2.75) is 32.2 Å². The van der Waals surface area contributed by atoms with Gasteiger partial charge in [0.2, 0.25) is 0 Å². The van der Waals surface area contributed by atoms with E-state index in [1.807, 2.05) is 36.4 Å². The molecule has 0 saturated carbocycles. The van der Waals surface area contributed by atoms with E-state index in [-0.39, 0.29) is 5.91 Å². The van der Waals surface area contributed by atoms with E-state index < -0.39 is 0 Å². The fraction of sp³-hybridized carbons (Fsp3) is 0.192. The van der Waals surface area contributed by atoms with Crippen LogP contribution in [-0.2, 0) is 19.4 Å². The maximum atomic E-state index is 13.1. The van der Waals surface area contributed by atoms with Crippen LogP contribution in [0.25, 0.3) is 11.3 Å². The summed E-state index contributed by atoms with van der Waals surface area (Å²) >= 11 is 1.58. The molecule has 7 heteroatoms. The Bertz CT molecular complexity index is 1360. The molecule has 0 fully saturated rings. The lowest BCUT2D eigenvalue weighted by Gasteiger charge is -2.12. The molecule has 0 radical (unpaired) electrons. The summed E-state index contributed by atoms with van der Waals surface area (Å²) in [6.45, 7) is 0.333. The molecule has 4 aromatic rings. The minimum atomic E-state index is -0.138. The predicted molar refractivity (Wildman–Crippen MR) is 127 cm³/mol. The van der Waals surface area contributed by atoms with E-state index in [0.717, 1.165) is 36.8 Å². The number of furan rings is 2. The van der Waals surface area contributed by atoms with Gasteiger partial charge in [-0.05, 0) is 67.6 Å². The summed E-state index contributed by atoms with van der Waals surface area (Å²) in [5, 5.41) is 13.0. The molecule has 0 aliphatic heterocycles. The van der Waals surface area contributed by atoms with Crippen molar-refractivity contribution in [2.24, 2.45) is 4.99 Å². The molecule has 0 atom stereocenters. The highest BCUT2D eigenvalue weighted by Gasteiger charge is 2.25. The second-order valence-corrected chi connectivity index (χ2v) is 8.85. The zero-order valence-corrected chi connectivity index (χ0v) is 18.7. The van der Waals surface area contributed by atoms with Gasteiger partial charge in [0.25, 0.3) is 5.91 Å². The van der Waals surface area contributed by atoms with E-state index >= 15 is 0 Å². The van der Waals surface area contributed by atoms with Crippen LogP contribution in [0, 0.1) is 11.3 Å². The Balaban J connectivity index is 1.41. The Kier molecular flexibility index (Phi) is 5.92. The molecule has 1 amide bonds. The van der Waals surface area contributed by atoms with Crippen LogP contribution < -0.4 is 5.32 Å². The van der Waals surface area contributed by atoms with Gasteiger partial charge in [-0.25, -0.2) is 4.99 Å². The number of aryl methyl sites for hydroxylation is 1. The molecule has 1 aromatic carbocycles. The number of hydrogen-bond donors (Lipinski definition) is 1. The summed E-state index contributed by atoms with van der Waals surface area (Å²) in [5.41, 5.74) is 3.05. The van der Waals surface area contributed by atoms with E-state index in [9.17, 15) is 10.1 Å². The maximum absolute atomic E-state index is 13.1. The second-order valence-electron chi connectivity index (χ2n) is 7.77. The lowest BCUT2D eigenvalue weighted by molar-refractivity contribution is 0.0948. The van der Waals surface area contributed by atoms with Crippen LogP contribution in [0.2, 0.25) is 0 Å². The number of carbonyl (C=O) groups excluding carboxylic acids is 1. The largest absolute Gasteiger partial charge is 0.467 e. The van der Waals surface area contributed by atoms with Gasteiger partial charge in [0, 0.05) is 10.4 Å². The second kappa shape index (κ2) is 9.31.